The molecule has 23 heavy (non-hydrogen) atoms. The number of hydrogen-bond donors (Lipinski definition) is 1. The van der Waals surface area contributed by atoms with Gasteiger partial charge in [-0.1, -0.05) is 60.7 Å². The zero-order valence-corrected chi connectivity index (χ0v) is 13.0. The van der Waals surface area contributed by atoms with Gasteiger partial charge in [0, 0.05) is 24.1 Å². The summed E-state index contributed by atoms with van der Waals surface area (Å²) in [5.74, 6) is 0.900. The van der Waals surface area contributed by atoms with Gasteiger partial charge in [-0.2, -0.15) is 0 Å². The fraction of sp³-hybridized carbons (Fsp3) is 0.200. The maximum Gasteiger partial charge on any atom is 0.133 e. The van der Waals surface area contributed by atoms with Crippen LogP contribution in [0.4, 0.5) is 0 Å². The van der Waals surface area contributed by atoms with Crippen molar-refractivity contribution in [1.82, 2.24) is 15.3 Å². The number of hydrogen-bond acceptors (Lipinski definition) is 3. The molecule has 0 fully saturated rings. The molecule has 0 spiro atoms. The predicted octanol–water partition coefficient (Wildman–Crippen LogP) is 3.38. The van der Waals surface area contributed by atoms with Crippen molar-refractivity contribution in [3.63, 3.8) is 0 Å². The molecule has 0 radical (unpaired) electrons. The van der Waals surface area contributed by atoms with Crippen LogP contribution >= 0.6 is 0 Å². The van der Waals surface area contributed by atoms with E-state index in [1.54, 1.807) is 0 Å². The molecule has 0 unspecified atom stereocenters. The Hall–Kier alpha value is -2.52. The smallest absolute Gasteiger partial charge is 0.133 e. The lowest BCUT2D eigenvalue weighted by atomic mass is 9.99. The lowest BCUT2D eigenvalue weighted by molar-refractivity contribution is 0.619. The Morgan fingerprint density at radius 2 is 1.61 bits per heavy atom. The number of rotatable bonds is 3. The normalized spacial score (nSPS) is 13.6. The minimum absolute atomic E-state index is 0.772. The molecule has 4 rings (SSSR count). The molecule has 0 amide bonds. The van der Waals surface area contributed by atoms with Gasteiger partial charge in [0.1, 0.15) is 5.82 Å². The van der Waals surface area contributed by atoms with Gasteiger partial charge in [-0.25, -0.2) is 9.97 Å². The third kappa shape index (κ3) is 3.01. The Morgan fingerprint density at radius 1 is 0.870 bits per heavy atom. The fourth-order valence-electron chi connectivity index (χ4n) is 3.10. The lowest BCUT2D eigenvalue weighted by Gasteiger charge is -2.20. The van der Waals surface area contributed by atoms with Crippen LogP contribution in [0.3, 0.4) is 0 Å². The third-order valence-electron chi connectivity index (χ3n) is 4.24. The van der Waals surface area contributed by atoms with E-state index in [0.717, 1.165) is 43.1 Å². The Morgan fingerprint density at radius 3 is 2.39 bits per heavy atom. The molecular formula is C20H19N3. The van der Waals surface area contributed by atoms with Crippen LogP contribution in [0.15, 0.2) is 60.7 Å². The minimum Gasteiger partial charge on any atom is -0.311 e. The highest BCUT2D eigenvalue weighted by Gasteiger charge is 2.18. The SMILES string of the molecule is c1ccc(Cc2nc3c(c(-c4ccccc4)n2)CCNC3)cc1. The maximum atomic E-state index is 4.91. The highest BCUT2D eigenvalue weighted by atomic mass is 15.0. The number of benzene rings is 2. The molecule has 1 N–H and O–H groups in total. The van der Waals surface area contributed by atoms with Crippen LogP contribution in [0.25, 0.3) is 11.3 Å². The topological polar surface area (TPSA) is 37.8 Å². The quantitative estimate of drug-likeness (QED) is 0.806. The number of fused-ring (bicyclic) bond motifs is 1. The van der Waals surface area contributed by atoms with E-state index in [0.29, 0.717) is 0 Å². The van der Waals surface area contributed by atoms with Crippen LogP contribution in [0.2, 0.25) is 0 Å². The van der Waals surface area contributed by atoms with Crippen LogP contribution < -0.4 is 5.32 Å². The highest BCUT2D eigenvalue weighted by Crippen LogP contribution is 2.26. The predicted molar refractivity (Wildman–Crippen MR) is 92.1 cm³/mol. The van der Waals surface area contributed by atoms with Gasteiger partial charge in [0.05, 0.1) is 11.4 Å². The number of nitrogens with one attached hydrogen (secondary N) is 1. The van der Waals surface area contributed by atoms with E-state index in [2.05, 4.69) is 53.8 Å². The van der Waals surface area contributed by atoms with E-state index in [9.17, 15) is 0 Å². The molecule has 114 valence electrons. The van der Waals surface area contributed by atoms with Crippen molar-refractivity contribution in [3.05, 3.63) is 83.3 Å². The van der Waals surface area contributed by atoms with E-state index in [1.165, 1.54) is 16.7 Å². The van der Waals surface area contributed by atoms with Crippen LogP contribution in [0.5, 0.6) is 0 Å². The second-order valence-corrected chi connectivity index (χ2v) is 5.87. The van der Waals surface area contributed by atoms with Gasteiger partial charge < -0.3 is 5.32 Å². The second kappa shape index (κ2) is 6.31. The number of aromatic nitrogens is 2. The van der Waals surface area contributed by atoms with Gasteiger partial charge in [0.25, 0.3) is 0 Å². The first kappa shape index (κ1) is 14.1. The van der Waals surface area contributed by atoms with Gasteiger partial charge in [0.2, 0.25) is 0 Å². The molecule has 3 nitrogen and oxygen atoms in total. The van der Waals surface area contributed by atoms with Gasteiger partial charge in [0.15, 0.2) is 0 Å². The molecule has 0 saturated heterocycles. The maximum absolute atomic E-state index is 4.91. The van der Waals surface area contributed by atoms with Crippen molar-refractivity contribution in [2.24, 2.45) is 0 Å². The van der Waals surface area contributed by atoms with Gasteiger partial charge >= 0.3 is 0 Å². The Balaban J connectivity index is 1.79. The van der Waals surface area contributed by atoms with Crippen molar-refractivity contribution in [3.8, 4) is 11.3 Å². The van der Waals surface area contributed by atoms with Gasteiger partial charge in [-0.3, -0.25) is 0 Å². The molecule has 1 aromatic heterocycles. The van der Waals surface area contributed by atoms with Crippen LogP contribution in [-0.4, -0.2) is 16.5 Å². The van der Waals surface area contributed by atoms with Crippen molar-refractivity contribution >= 4 is 0 Å². The van der Waals surface area contributed by atoms with E-state index in [4.69, 9.17) is 9.97 Å². The van der Waals surface area contributed by atoms with Gasteiger partial charge in [-0.15, -0.1) is 0 Å². The van der Waals surface area contributed by atoms with Crippen LogP contribution in [0.1, 0.15) is 22.6 Å². The summed E-state index contributed by atoms with van der Waals surface area (Å²) in [6, 6.07) is 20.9. The highest BCUT2D eigenvalue weighted by molar-refractivity contribution is 5.64. The molecule has 0 atom stereocenters. The molecule has 1 aliphatic heterocycles. The van der Waals surface area contributed by atoms with Crippen molar-refractivity contribution in [2.75, 3.05) is 6.54 Å². The average Bonchev–Trinajstić information content (AvgIpc) is 2.63. The molecular weight excluding hydrogens is 282 g/mol. The summed E-state index contributed by atoms with van der Waals surface area (Å²) in [6.07, 6.45) is 1.76. The molecule has 1 aliphatic rings. The first-order chi connectivity index (χ1) is 11.4. The summed E-state index contributed by atoms with van der Waals surface area (Å²) < 4.78 is 0. The molecule has 3 heteroatoms. The zero-order valence-electron chi connectivity index (χ0n) is 13.0. The molecule has 3 aromatic rings. The summed E-state index contributed by atoms with van der Waals surface area (Å²) in [4.78, 5) is 9.73. The largest absolute Gasteiger partial charge is 0.311 e. The van der Waals surface area contributed by atoms with Crippen molar-refractivity contribution in [2.45, 2.75) is 19.4 Å². The summed E-state index contributed by atoms with van der Waals surface area (Å²) in [5, 5.41) is 3.42. The fourth-order valence-corrected chi connectivity index (χ4v) is 3.10. The van der Waals surface area contributed by atoms with E-state index in [1.807, 2.05) is 12.1 Å². The summed E-state index contributed by atoms with van der Waals surface area (Å²) in [7, 11) is 0. The first-order valence-corrected chi connectivity index (χ1v) is 8.09. The van der Waals surface area contributed by atoms with E-state index < -0.39 is 0 Å². The Labute approximate surface area is 136 Å². The van der Waals surface area contributed by atoms with Crippen LogP contribution in [0, 0.1) is 0 Å². The third-order valence-corrected chi connectivity index (χ3v) is 4.24. The minimum atomic E-state index is 0.772. The summed E-state index contributed by atoms with van der Waals surface area (Å²) in [6.45, 7) is 1.83. The monoisotopic (exact) mass is 301 g/mol. The Bertz CT molecular complexity index is 798. The molecule has 0 bridgehead atoms. The molecule has 0 saturated carbocycles. The molecule has 2 heterocycles. The standard InChI is InChI=1S/C20H19N3/c1-3-7-15(8-4-1)13-19-22-18-14-21-12-11-17(18)20(23-19)16-9-5-2-6-10-16/h1-10,21H,11-14H2. The second-order valence-electron chi connectivity index (χ2n) is 5.87. The van der Waals surface area contributed by atoms with Crippen molar-refractivity contribution < 1.29 is 0 Å². The summed E-state index contributed by atoms with van der Waals surface area (Å²) in [5.41, 5.74) is 5.98. The number of nitrogens with zero attached hydrogens (tertiary/aromatic N) is 2. The summed E-state index contributed by atoms with van der Waals surface area (Å²) >= 11 is 0. The molecule has 2 aromatic carbocycles. The van der Waals surface area contributed by atoms with E-state index >= 15 is 0 Å². The first-order valence-electron chi connectivity index (χ1n) is 8.09. The lowest BCUT2D eigenvalue weighted by Crippen LogP contribution is -2.26. The van der Waals surface area contributed by atoms with E-state index in [-0.39, 0.29) is 0 Å². The molecule has 0 aliphatic carbocycles. The zero-order chi connectivity index (χ0) is 15.5. The van der Waals surface area contributed by atoms with Crippen molar-refractivity contribution in [1.29, 1.82) is 0 Å². The average molecular weight is 301 g/mol. The van der Waals surface area contributed by atoms with Gasteiger partial charge in [-0.05, 0) is 18.5 Å². The Kier molecular flexibility index (Phi) is 3.86. The van der Waals surface area contributed by atoms with Crippen LogP contribution in [-0.2, 0) is 19.4 Å².